The summed E-state index contributed by atoms with van der Waals surface area (Å²) >= 11 is 1.61. The lowest BCUT2D eigenvalue weighted by Crippen LogP contribution is -2.41. The number of aliphatic hydroxyl groups excluding tert-OH is 1. The van der Waals surface area contributed by atoms with Crippen LogP contribution in [0.1, 0.15) is 35.6 Å². The van der Waals surface area contributed by atoms with Gasteiger partial charge in [0.2, 0.25) is 5.91 Å². The second-order valence-electron chi connectivity index (χ2n) is 6.70. The van der Waals surface area contributed by atoms with E-state index in [2.05, 4.69) is 11.4 Å². The fourth-order valence-corrected chi connectivity index (χ4v) is 4.25. The minimum absolute atomic E-state index is 0.0366. The maximum atomic E-state index is 12.5. The van der Waals surface area contributed by atoms with Gasteiger partial charge in [0, 0.05) is 6.42 Å². The van der Waals surface area contributed by atoms with Crippen molar-refractivity contribution in [1.82, 2.24) is 5.32 Å². The van der Waals surface area contributed by atoms with Gasteiger partial charge in [-0.1, -0.05) is 6.07 Å². The van der Waals surface area contributed by atoms with Crippen LogP contribution < -0.4 is 10.1 Å². The van der Waals surface area contributed by atoms with Gasteiger partial charge >= 0.3 is 0 Å². The predicted octanol–water partition coefficient (Wildman–Crippen LogP) is 2.85. The van der Waals surface area contributed by atoms with E-state index in [9.17, 15) is 9.90 Å². The van der Waals surface area contributed by atoms with Gasteiger partial charge in [-0.3, -0.25) is 4.79 Å². The van der Waals surface area contributed by atoms with Crippen LogP contribution in [0.4, 0.5) is 0 Å². The van der Waals surface area contributed by atoms with Gasteiger partial charge in [-0.2, -0.15) is 11.3 Å². The third-order valence-electron chi connectivity index (χ3n) is 4.95. The first-order chi connectivity index (χ1) is 11.7. The van der Waals surface area contributed by atoms with Gasteiger partial charge in [0.05, 0.1) is 25.2 Å². The summed E-state index contributed by atoms with van der Waals surface area (Å²) in [6.45, 7) is 0.732. The van der Waals surface area contributed by atoms with Crippen molar-refractivity contribution >= 4 is 17.2 Å². The van der Waals surface area contributed by atoms with Gasteiger partial charge in [0.15, 0.2) is 0 Å². The molecule has 2 heterocycles. The molecule has 1 fully saturated rings. The molecule has 1 aliphatic heterocycles. The molecular formula is C19H21NO3S. The van der Waals surface area contributed by atoms with Crippen molar-refractivity contribution in [2.45, 2.75) is 37.8 Å². The van der Waals surface area contributed by atoms with Gasteiger partial charge in [0.25, 0.3) is 0 Å². The lowest BCUT2D eigenvalue weighted by atomic mass is 9.74. The Morgan fingerprint density at radius 2 is 2.25 bits per heavy atom. The molecule has 1 saturated carbocycles. The van der Waals surface area contributed by atoms with Crippen LogP contribution in [-0.2, 0) is 17.6 Å². The molecule has 1 aromatic carbocycles. The molecule has 4 rings (SSSR count). The normalized spacial score (nSPS) is 23.0. The van der Waals surface area contributed by atoms with E-state index in [1.807, 2.05) is 29.0 Å². The summed E-state index contributed by atoms with van der Waals surface area (Å²) in [6.07, 6.45) is 2.59. The van der Waals surface area contributed by atoms with Gasteiger partial charge in [-0.25, -0.2) is 0 Å². The number of thiophene rings is 1. The standard InChI is InChI=1S/C19H21NO3S/c21-16-9-15(10-16)19(20-18(22)7-12-4-6-24-11-12)14-1-2-17-13(8-14)3-5-23-17/h1-2,4,6,8,11,15-16,19,21H,3,5,7,9-10H2,(H,20,22). The molecule has 1 unspecified atom stereocenters. The van der Waals surface area contributed by atoms with Gasteiger partial charge < -0.3 is 15.2 Å². The average Bonchev–Trinajstić information content (AvgIpc) is 3.20. The zero-order valence-corrected chi connectivity index (χ0v) is 14.2. The second kappa shape index (κ2) is 6.57. The summed E-state index contributed by atoms with van der Waals surface area (Å²) in [5.74, 6) is 1.29. The van der Waals surface area contributed by atoms with Crippen LogP contribution in [0, 0.1) is 5.92 Å². The number of hydrogen-bond acceptors (Lipinski definition) is 4. The molecule has 5 heteroatoms. The van der Waals surface area contributed by atoms with Crippen LogP contribution in [-0.4, -0.2) is 23.7 Å². The van der Waals surface area contributed by atoms with Crippen LogP contribution in [0.15, 0.2) is 35.0 Å². The number of ether oxygens (including phenoxy) is 1. The molecule has 0 saturated heterocycles. The summed E-state index contributed by atoms with van der Waals surface area (Å²) < 4.78 is 5.58. The Balaban J connectivity index is 1.52. The van der Waals surface area contributed by atoms with Crippen molar-refractivity contribution in [3.05, 3.63) is 51.7 Å². The highest BCUT2D eigenvalue weighted by atomic mass is 32.1. The lowest BCUT2D eigenvalue weighted by Gasteiger charge is -2.38. The fourth-order valence-electron chi connectivity index (χ4n) is 3.58. The van der Waals surface area contributed by atoms with E-state index in [0.717, 1.165) is 42.7 Å². The highest BCUT2D eigenvalue weighted by Crippen LogP contribution is 2.39. The summed E-state index contributed by atoms with van der Waals surface area (Å²) in [6, 6.07) is 8.15. The Kier molecular flexibility index (Phi) is 4.29. The van der Waals surface area contributed by atoms with E-state index in [4.69, 9.17) is 4.74 Å². The second-order valence-corrected chi connectivity index (χ2v) is 7.48. The summed E-state index contributed by atoms with van der Waals surface area (Å²) in [4.78, 5) is 12.5. The maximum Gasteiger partial charge on any atom is 0.224 e. The average molecular weight is 343 g/mol. The van der Waals surface area contributed by atoms with Gasteiger partial charge in [0.1, 0.15) is 5.75 Å². The number of carbonyl (C=O) groups is 1. The van der Waals surface area contributed by atoms with Crippen LogP contribution >= 0.6 is 11.3 Å². The quantitative estimate of drug-likeness (QED) is 0.878. The van der Waals surface area contributed by atoms with Crippen LogP contribution in [0.5, 0.6) is 5.75 Å². The minimum Gasteiger partial charge on any atom is -0.493 e. The Morgan fingerprint density at radius 3 is 3.00 bits per heavy atom. The van der Waals surface area contributed by atoms with Crippen LogP contribution in [0.25, 0.3) is 0 Å². The Hall–Kier alpha value is -1.85. The first-order valence-electron chi connectivity index (χ1n) is 8.43. The summed E-state index contributed by atoms with van der Waals surface area (Å²) in [5.41, 5.74) is 3.38. The first-order valence-corrected chi connectivity index (χ1v) is 9.37. The third-order valence-corrected chi connectivity index (χ3v) is 5.69. The van der Waals surface area contributed by atoms with Crippen molar-refractivity contribution in [1.29, 1.82) is 0 Å². The molecule has 1 aromatic heterocycles. The number of fused-ring (bicyclic) bond motifs is 1. The number of carbonyl (C=O) groups excluding carboxylic acids is 1. The van der Waals surface area contributed by atoms with E-state index in [0.29, 0.717) is 12.3 Å². The molecule has 126 valence electrons. The maximum absolute atomic E-state index is 12.5. The zero-order chi connectivity index (χ0) is 16.5. The smallest absolute Gasteiger partial charge is 0.224 e. The van der Waals surface area contributed by atoms with Crippen LogP contribution in [0.2, 0.25) is 0 Å². The molecule has 2 N–H and O–H groups in total. The largest absolute Gasteiger partial charge is 0.493 e. The molecule has 4 nitrogen and oxygen atoms in total. The number of nitrogens with one attached hydrogen (secondary N) is 1. The number of hydrogen-bond donors (Lipinski definition) is 2. The van der Waals surface area contributed by atoms with Crippen molar-refractivity contribution < 1.29 is 14.6 Å². The Morgan fingerprint density at radius 1 is 1.38 bits per heavy atom. The Bertz CT molecular complexity index is 722. The molecule has 1 atom stereocenters. The topological polar surface area (TPSA) is 58.6 Å². The molecule has 2 aromatic rings. The van der Waals surface area contributed by atoms with Crippen molar-refractivity contribution in [2.75, 3.05) is 6.61 Å². The van der Waals surface area contributed by atoms with Crippen molar-refractivity contribution in [3.63, 3.8) is 0 Å². The van der Waals surface area contributed by atoms with E-state index >= 15 is 0 Å². The summed E-state index contributed by atoms with van der Waals surface area (Å²) in [7, 11) is 0. The molecule has 0 spiro atoms. The monoisotopic (exact) mass is 343 g/mol. The molecule has 1 amide bonds. The number of rotatable bonds is 5. The van der Waals surface area contributed by atoms with Gasteiger partial charge in [-0.15, -0.1) is 0 Å². The predicted molar refractivity (Wildman–Crippen MR) is 93.3 cm³/mol. The van der Waals surface area contributed by atoms with Crippen molar-refractivity contribution in [2.24, 2.45) is 5.92 Å². The minimum atomic E-state index is -0.232. The van der Waals surface area contributed by atoms with E-state index in [-0.39, 0.29) is 18.1 Å². The number of aliphatic hydroxyl groups is 1. The first kappa shape index (κ1) is 15.7. The zero-order valence-electron chi connectivity index (χ0n) is 13.4. The Labute approximate surface area is 145 Å². The molecule has 1 aliphatic carbocycles. The number of amides is 1. The highest BCUT2D eigenvalue weighted by molar-refractivity contribution is 7.08. The molecule has 24 heavy (non-hydrogen) atoms. The molecule has 0 bridgehead atoms. The van der Waals surface area contributed by atoms with E-state index < -0.39 is 0 Å². The SMILES string of the molecule is O=C(Cc1ccsc1)NC(c1ccc2c(c1)CCO2)C1CC(O)C1. The number of benzene rings is 1. The molecule has 0 radical (unpaired) electrons. The lowest BCUT2D eigenvalue weighted by molar-refractivity contribution is -0.122. The van der Waals surface area contributed by atoms with E-state index in [1.165, 1.54) is 5.56 Å². The van der Waals surface area contributed by atoms with Crippen LogP contribution in [0.3, 0.4) is 0 Å². The van der Waals surface area contributed by atoms with Crippen molar-refractivity contribution in [3.8, 4) is 5.75 Å². The summed E-state index contributed by atoms with van der Waals surface area (Å²) in [5, 5.41) is 16.9. The van der Waals surface area contributed by atoms with E-state index in [1.54, 1.807) is 11.3 Å². The molecular weight excluding hydrogens is 322 g/mol. The van der Waals surface area contributed by atoms with Gasteiger partial charge in [-0.05, 0) is 64.4 Å². The molecule has 2 aliphatic rings. The highest BCUT2D eigenvalue weighted by Gasteiger charge is 2.36. The fraction of sp³-hybridized carbons (Fsp3) is 0.421. The third kappa shape index (κ3) is 3.19.